The average molecular weight is 199 g/mol. The van der Waals surface area contributed by atoms with Crippen LogP contribution in [0.25, 0.3) is 0 Å². The monoisotopic (exact) mass is 198 g/mol. The van der Waals surface area contributed by atoms with Crippen LogP contribution in [0.3, 0.4) is 0 Å². The number of rotatable bonds is 3. The number of benzene rings is 1. The smallest absolute Gasteiger partial charge is 0.124 e. The van der Waals surface area contributed by atoms with Gasteiger partial charge in [0.25, 0.3) is 0 Å². The standard InChI is InChI=1S/C11H12ClF/c1-8(2)3-4-9-5-6-10(13)7-11(9)12/h5-7H,1,3-4H2,2H3. The second-order valence-electron chi connectivity index (χ2n) is 3.19. The highest BCUT2D eigenvalue weighted by atomic mass is 35.5. The molecule has 1 aromatic rings. The molecule has 70 valence electrons. The summed E-state index contributed by atoms with van der Waals surface area (Å²) in [5.74, 6) is -0.288. The van der Waals surface area contributed by atoms with Crippen molar-refractivity contribution in [1.29, 1.82) is 0 Å². The third-order valence-electron chi connectivity index (χ3n) is 1.84. The normalized spacial score (nSPS) is 10.1. The molecule has 13 heavy (non-hydrogen) atoms. The van der Waals surface area contributed by atoms with E-state index in [0.717, 1.165) is 24.0 Å². The quantitative estimate of drug-likeness (QED) is 0.645. The van der Waals surface area contributed by atoms with E-state index in [0.29, 0.717) is 5.02 Å². The Hall–Kier alpha value is -0.820. The van der Waals surface area contributed by atoms with Crippen molar-refractivity contribution in [3.8, 4) is 0 Å². The van der Waals surface area contributed by atoms with Gasteiger partial charge in [0.15, 0.2) is 0 Å². The molecule has 0 aliphatic heterocycles. The topological polar surface area (TPSA) is 0 Å². The second-order valence-corrected chi connectivity index (χ2v) is 3.60. The number of halogens is 2. The predicted octanol–water partition coefficient (Wildman–Crippen LogP) is 3.99. The zero-order valence-corrected chi connectivity index (χ0v) is 8.37. The van der Waals surface area contributed by atoms with E-state index in [1.165, 1.54) is 12.1 Å². The van der Waals surface area contributed by atoms with Crippen LogP contribution in [-0.4, -0.2) is 0 Å². The number of aryl methyl sites for hydroxylation is 1. The van der Waals surface area contributed by atoms with E-state index in [-0.39, 0.29) is 5.82 Å². The van der Waals surface area contributed by atoms with Crippen molar-refractivity contribution in [3.63, 3.8) is 0 Å². The van der Waals surface area contributed by atoms with E-state index in [2.05, 4.69) is 6.58 Å². The van der Waals surface area contributed by atoms with Crippen molar-refractivity contribution >= 4 is 11.6 Å². The maximum absolute atomic E-state index is 12.6. The van der Waals surface area contributed by atoms with Crippen molar-refractivity contribution in [2.45, 2.75) is 19.8 Å². The summed E-state index contributed by atoms with van der Waals surface area (Å²) in [6, 6.07) is 4.50. The fraction of sp³-hybridized carbons (Fsp3) is 0.273. The van der Waals surface area contributed by atoms with E-state index in [1.807, 2.05) is 6.92 Å². The van der Waals surface area contributed by atoms with E-state index >= 15 is 0 Å². The molecule has 0 spiro atoms. The second kappa shape index (κ2) is 4.43. The molecule has 2 heteroatoms. The van der Waals surface area contributed by atoms with Gasteiger partial charge in [-0.2, -0.15) is 0 Å². The molecule has 0 aliphatic rings. The lowest BCUT2D eigenvalue weighted by molar-refractivity contribution is 0.627. The minimum absolute atomic E-state index is 0.288. The van der Waals surface area contributed by atoms with E-state index in [1.54, 1.807) is 6.07 Å². The van der Waals surface area contributed by atoms with Gasteiger partial charge >= 0.3 is 0 Å². The van der Waals surface area contributed by atoms with Crippen LogP contribution in [0.4, 0.5) is 4.39 Å². The lowest BCUT2D eigenvalue weighted by Crippen LogP contribution is -1.88. The van der Waals surface area contributed by atoms with Crippen LogP contribution in [0.1, 0.15) is 18.9 Å². The number of allylic oxidation sites excluding steroid dienone is 1. The van der Waals surface area contributed by atoms with Gasteiger partial charge in [-0.3, -0.25) is 0 Å². The fourth-order valence-electron chi connectivity index (χ4n) is 1.07. The highest BCUT2D eigenvalue weighted by Crippen LogP contribution is 2.19. The van der Waals surface area contributed by atoms with Gasteiger partial charge in [-0.05, 0) is 37.5 Å². The molecule has 0 nitrogen and oxygen atoms in total. The third kappa shape index (κ3) is 3.19. The molecule has 1 aromatic carbocycles. The predicted molar refractivity (Wildman–Crippen MR) is 54.5 cm³/mol. The Balaban J connectivity index is 2.72. The summed E-state index contributed by atoms with van der Waals surface area (Å²) in [6.07, 6.45) is 1.72. The summed E-state index contributed by atoms with van der Waals surface area (Å²) >= 11 is 5.84. The average Bonchev–Trinajstić information content (AvgIpc) is 2.02. The van der Waals surface area contributed by atoms with Crippen LogP contribution in [0.5, 0.6) is 0 Å². The summed E-state index contributed by atoms with van der Waals surface area (Å²) in [4.78, 5) is 0. The molecule has 0 saturated heterocycles. The molecular weight excluding hydrogens is 187 g/mol. The minimum atomic E-state index is -0.288. The zero-order chi connectivity index (χ0) is 9.84. The van der Waals surface area contributed by atoms with Crippen molar-refractivity contribution < 1.29 is 4.39 Å². The van der Waals surface area contributed by atoms with E-state index in [4.69, 9.17) is 11.6 Å². The van der Waals surface area contributed by atoms with Crippen molar-refractivity contribution in [2.24, 2.45) is 0 Å². The van der Waals surface area contributed by atoms with Crippen molar-refractivity contribution in [1.82, 2.24) is 0 Å². The summed E-state index contributed by atoms with van der Waals surface area (Å²) in [5.41, 5.74) is 2.09. The number of hydrogen-bond donors (Lipinski definition) is 0. The minimum Gasteiger partial charge on any atom is -0.207 e. The Bertz CT molecular complexity index is 318. The first-order valence-corrected chi connectivity index (χ1v) is 4.55. The van der Waals surface area contributed by atoms with E-state index in [9.17, 15) is 4.39 Å². The molecule has 1 rings (SSSR count). The Kier molecular flexibility index (Phi) is 3.49. The molecule has 0 aromatic heterocycles. The first kappa shape index (κ1) is 10.3. The van der Waals surface area contributed by atoms with Gasteiger partial charge < -0.3 is 0 Å². The molecular formula is C11H12ClF. The fourth-order valence-corrected chi connectivity index (χ4v) is 1.33. The zero-order valence-electron chi connectivity index (χ0n) is 7.61. The first-order valence-electron chi connectivity index (χ1n) is 4.18. The first-order chi connectivity index (χ1) is 6.09. The molecule has 0 amide bonds. The highest BCUT2D eigenvalue weighted by molar-refractivity contribution is 6.31. The van der Waals surface area contributed by atoms with Crippen molar-refractivity contribution in [2.75, 3.05) is 0 Å². The van der Waals surface area contributed by atoms with Gasteiger partial charge in [0.1, 0.15) is 5.82 Å². The van der Waals surface area contributed by atoms with Crippen molar-refractivity contribution in [3.05, 3.63) is 46.8 Å². The lowest BCUT2D eigenvalue weighted by atomic mass is 10.1. The van der Waals surface area contributed by atoms with Gasteiger partial charge in [0.2, 0.25) is 0 Å². The van der Waals surface area contributed by atoms with Crippen LogP contribution in [0.15, 0.2) is 30.4 Å². The van der Waals surface area contributed by atoms with Crippen LogP contribution >= 0.6 is 11.6 Å². The molecule has 0 unspecified atom stereocenters. The summed E-state index contributed by atoms with van der Waals surface area (Å²) in [7, 11) is 0. The molecule has 0 aliphatic carbocycles. The van der Waals surface area contributed by atoms with Gasteiger partial charge in [0.05, 0.1) is 0 Å². The third-order valence-corrected chi connectivity index (χ3v) is 2.19. The molecule has 0 radical (unpaired) electrons. The van der Waals surface area contributed by atoms with Gasteiger partial charge in [0, 0.05) is 5.02 Å². The van der Waals surface area contributed by atoms with Crippen LogP contribution < -0.4 is 0 Å². The lowest BCUT2D eigenvalue weighted by Gasteiger charge is -2.03. The maximum Gasteiger partial charge on any atom is 0.124 e. The molecule has 0 atom stereocenters. The molecule has 0 fully saturated rings. The summed E-state index contributed by atoms with van der Waals surface area (Å²) in [6.45, 7) is 5.77. The Labute approximate surface area is 83.0 Å². The van der Waals surface area contributed by atoms with Gasteiger partial charge in [-0.15, -0.1) is 6.58 Å². The van der Waals surface area contributed by atoms with Gasteiger partial charge in [-0.25, -0.2) is 4.39 Å². The summed E-state index contributed by atoms with van der Waals surface area (Å²) < 4.78 is 12.6. The van der Waals surface area contributed by atoms with Crippen LogP contribution in [0.2, 0.25) is 5.02 Å². The Morgan fingerprint density at radius 3 is 2.77 bits per heavy atom. The molecule has 0 bridgehead atoms. The maximum atomic E-state index is 12.6. The Morgan fingerprint density at radius 1 is 1.54 bits per heavy atom. The van der Waals surface area contributed by atoms with E-state index < -0.39 is 0 Å². The molecule has 0 heterocycles. The molecule has 0 N–H and O–H groups in total. The Morgan fingerprint density at radius 2 is 2.23 bits per heavy atom. The molecule has 0 saturated carbocycles. The summed E-state index contributed by atoms with van der Waals surface area (Å²) in [5, 5.41) is 0.501. The van der Waals surface area contributed by atoms with Gasteiger partial charge in [-0.1, -0.05) is 23.2 Å². The highest BCUT2D eigenvalue weighted by Gasteiger charge is 2.01. The SMILES string of the molecule is C=C(C)CCc1ccc(F)cc1Cl. The number of hydrogen-bond acceptors (Lipinski definition) is 0. The van der Waals surface area contributed by atoms with Crippen LogP contribution in [-0.2, 0) is 6.42 Å². The largest absolute Gasteiger partial charge is 0.207 e. The van der Waals surface area contributed by atoms with Crippen LogP contribution in [0, 0.1) is 5.82 Å².